The Hall–Kier alpha value is -1.39. The molecule has 20 heavy (non-hydrogen) atoms. The second-order valence-corrected chi connectivity index (χ2v) is 5.92. The summed E-state index contributed by atoms with van der Waals surface area (Å²) in [6, 6.07) is 8.94. The van der Waals surface area contributed by atoms with Crippen molar-refractivity contribution in [1.82, 2.24) is 15.1 Å². The molecule has 2 aliphatic heterocycles. The lowest BCUT2D eigenvalue weighted by Gasteiger charge is -2.34. The van der Waals surface area contributed by atoms with Crippen molar-refractivity contribution in [3.8, 4) is 0 Å². The van der Waals surface area contributed by atoms with E-state index in [-0.39, 0.29) is 5.91 Å². The van der Waals surface area contributed by atoms with Crippen molar-refractivity contribution >= 4 is 5.91 Å². The van der Waals surface area contributed by atoms with Gasteiger partial charge < -0.3 is 10.2 Å². The molecule has 2 aliphatic rings. The van der Waals surface area contributed by atoms with Crippen molar-refractivity contribution in [2.45, 2.75) is 25.9 Å². The van der Waals surface area contributed by atoms with Gasteiger partial charge in [0.25, 0.3) is 0 Å². The number of nitrogens with zero attached hydrogens (tertiary/aromatic N) is 2. The van der Waals surface area contributed by atoms with Crippen LogP contribution in [0.4, 0.5) is 0 Å². The molecule has 108 valence electrons. The number of hydrogen-bond acceptors (Lipinski definition) is 3. The molecule has 1 fully saturated rings. The maximum atomic E-state index is 12.4. The SMILES string of the molecule is C[C@@H]1CN(CC(=O)N2CCc3ccccc3C2)CCN1. The fourth-order valence-corrected chi connectivity index (χ4v) is 3.16. The predicted octanol–water partition coefficient (Wildman–Crippen LogP) is 0.865. The molecular formula is C16H23N3O. The molecule has 3 rings (SSSR count). The number of carbonyl (C=O) groups is 1. The van der Waals surface area contributed by atoms with Crippen LogP contribution in [0.1, 0.15) is 18.1 Å². The third-order valence-electron chi connectivity index (χ3n) is 4.30. The average Bonchev–Trinajstić information content (AvgIpc) is 2.47. The first kappa shape index (κ1) is 13.6. The van der Waals surface area contributed by atoms with Crippen molar-refractivity contribution in [2.75, 3.05) is 32.7 Å². The van der Waals surface area contributed by atoms with Crippen molar-refractivity contribution in [3.63, 3.8) is 0 Å². The minimum absolute atomic E-state index is 0.272. The molecule has 1 aromatic carbocycles. The molecule has 1 atom stereocenters. The Labute approximate surface area is 120 Å². The van der Waals surface area contributed by atoms with Gasteiger partial charge in [-0.2, -0.15) is 0 Å². The number of hydrogen-bond donors (Lipinski definition) is 1. The molecule has 1 amide bonds. The van der Waals surface area contributed by atoms with Gasteiger partial charge in [-0.15, -0.1) is 0 Å². The molecule has 1 aromatic rings. The summed E-state index contributed by atoms with van der Waals surface area (Å²) >= 11 is 0. The average molecular weight is 273 g/mol. The fraction of sp³-hybridized carbons (Fsp3) is 0.562. The molecule has 1 N–H and O–H groups in total. The van der Waals surface area contributed by atoms with Gasteiger partial charge >= 0.3 is 0 Å². The van der Waals surface area contributed by atoms with E-state index in [0.717, 1.165) is 39.1 Å². The fourth-order valence-electron chi connectivity index (χ4n) is 3.16. The van der Waals surface area contributed by atoms with E-state index < -0.39 is 0 Å². The summed E-state index contributed by atoms with van der Waals surface area (Å²) in [6.45, 7) is 7.30. The van der Waals surface area contributed by atoms with Crippen LogP contribution in [0.5, 0.6) is 0 Å². The van der Waals surface area contributed by atoms with Gasteiger partial charge in [-0.1, -0.05) is 24.3 Å². The van der Waals surface area contributed by atoms with Crippen LogP contribution >= 0.6 is 0 Å². The first-order chi connectivity index (χ1) is 9.72. The lowest BCUT2D eigenvalue weighted by atomic mass is 10.00. The van der Waals surface area contributed by atoms with E-state index >= 15 is 0 Å². The Morgan fingerprint density at radius 1 is 1.30 bits per heavy atom. The summed E-state index contributed by atoms with van der Waals surface area (Å²) in [4.78, 5) is 16.7. The molecule has 0 unspecified atom stereocenters. The number of nitrogens with one attached hydrogen (secondary N) is 1. The van der Waals surface area contributed by atoms with Gasteiger partial charge in [-0.3, -0.25) is 9.69 Å². The predicted molar refractivity (Wildman–Crippen MR) is 79.5 cm³/mol. The minimum Gasteiger partial charge on any atom is -0.337 e. The van der Waals surface area contributed by atoms with Crippen LogP contribution in [0, 0.1) is 0 Å². The number of fused-ring (bicyclic) bond motifs is 1. The second kappa shape index (κ2) is 5.94. The van der Waals surface area contributed by atoms with E-state index in [1.54, 1.807) is 0 Å². The summed E-state index contributed by atoms with van der Waals surface area (Å²) < 4.78 is 0. The van der Waals surface area contributed by atoms with Crippen LogP contribution in [-0.2, 0) is 17.8 Å². The van der Waals surface area contributed by atoms with E-state index in [0.29, 0.717) is 12.6 Å². The third-order valence-corrected chi connectivity index (χ3v) is 4.30. The molecule has 4 heteroatoms. The Kier molecular flexibility index (Phi) is 4.03. The highest BCUT2D eigenvalue weighted by Crippen LogP contribution is 2.18. The summed E-state index contributed by atoms with van der Waals surface area (Å²) in [7, 11) is 0. The monoisotopic (exact) mass is 273 g/mol. The molecule has 0 radical (unpaired) electrons. The number of carbonyl (C=O) groups excluding carboxylic acids is 1. The third kappa shape index (κ3) is 3.02. The molecular weight excluding hydrogens is 250 g/mol. The van der Waals surface area contributed by atoms with Gasteiger partial charge in [0.05, 0.1) is 6.54 Å². The van der Waals surface area contributed by atoms with E-state index in [1.165, 1.54) is 11.1 Å². The summed E-state index contributed by atoms with van der Waals surface area (Å²) in [5.41, 5.74) is 2.70. The highest BCUT2D eigenvalue weighted by molar-refractivity contribution is 5.78. The van der Waals surface area contributed by atoms with Crippen molar-refractivity contribution in [1.29, 1.82) is 0 Å². The normalized spacial score (nSPS) is 23.4. The molecule has 4 nitrogen and oxygen atoms in total. The van der Waals surface area contributed by atoms with E-state index in [1.807, 2.05) is 4.90 Å². The van der Waals surface area contributed by atoms with Crippen LogP contribution in [-0.4, -0.2) is 54.5 Å². The maximum Gasteiger partial charge on any atom is 0.237 e. The van der Waals surface area contributed by atoms with Crippen molar-refractivity contribution in [2.24, 2.45) is 0 Å². The van der Waals surface area contributed by atoms with Crippen LogP contribution in [0.2, 0.25) is 0 Å². The molecule has 0 aliphatic carbocycles. The van der Waals surface area contributed by atoms with Gasteiger partial charge in [-0.05, 0) is 24.5 Å². The molecule has 0 saturated carbocycles. The van der Waals surface area contributed by atoms with Crippen molar-refractivity contribution < 1.29 is 4.79 Å². The minimum atomic E-state index is 0.272. The van der Waals surface area contributed by atoms with E-state index in [2.05, 4.69) is 41.4 Å². The standard InChI is InChI=1S/C16H23N3O/c1-13-10-18(9-7-17-13)12-16(20)19-8-6-14-4-2-3-5-15(14)11-19/h2-5,13,17H,6-12H2,1H3/t13-/m1/s1. The molecule has 1 saturated heterocycles. The van der Waals surface area contributed by atoms with Gasteiger partial charge in [0.15, 0.2) is 0 Å². The number of amides is 1. The topological polar surface area (TPSA) is 35.6 Å². The number of benzene rings is 1. The zero-order valence-electron chi connectivity index (χ0n) is 12.1. The highest BCUT2D eigenvalue weighted by Gasteiger charge is 2.24. The molecule has 0 aromatic heterocycles. The Morgan fingerprint density at radius 2 is 2.10 bits per heavy atom. The van der Waals surface area contributed by atoms with Crippen LogP contribution < -0.4 is 5.32 Å². The Bertz CT molecular complexity index is 488. The molecule has 0 bridgehead atoms. The summed E-state index contributed by atoms with van der Waals surface area (Å²) in [5.74, 6) is 0.272. The van der Waals surface area contributed by atoms with Gasteiger partial charge in [0, 0.05) is 38.8 Å². The molecule has 2 heterocycles. The van der Waals surface area contributed by atoms with Crippen LogP contribution in [0.15, 0.2) is 24.3 Å². The van der Waals surface area contributed by atoms with Gasteiger partial charge in [0.1, 0.15) is 0 Å². The Morgan fingerprint density at radius 3 is 2.90 bits per heavy atom. The largest absolute Gasteiger partial charge is 0.337 e. The molecule has 0 spiro atoms. The highest BCUT2D eigenvalue weighted by atomic mass is 16.2. The first-order valence-corrected chi connectivity index (χ1v) is 7.52. The van der Waals surface area contributed by atoms with Crippen LogP contribution in [0.3, 0.4) is 0 Å². The zero-order chi connectivity index (χ0) is 13.9. The van der Waals surface area contributed by atoms with E-state index in [4.69, 9.17) is 0 Å². The lowest BCUT2D eigenvalue weighted by Crippen LogP contribution is -2.52. The van der Waals surface area contributed by atoms with Crippen molar-refractivity contribution in [3.05, 3.63) is 35.4 Å². The second-order valence-electron chi connectivity index (χ2n) is 5.92. The smallest absolute Gasteiger partial charge is 0.237 e. The summed E-state index contributed by atoms with van der Waals surface area (Å²) in [6.07, 6.45) is 0.986. The lowest BCUT2D eigenvalue weighted by molar-refractivity contribution is -0.133. The summed E-state index contributed by atoms with van der Waals surface area (Å²) in [5, 5.41) is 3.41. The van der Waals surface area contributed by atoms with E-state index in [9.17, 15) is 4.79 Å². The number of piperazine rings is 1. The quantitative estimate of drug-likeness (QED) is 0.868. The first-order valence-electron chi connectivity index (χ1n) is 7.52. The van der Waals surface area contributed by atoms with Crippen LogP contribution in [0.25, 0.3) is 0 Å². The number of rotatable bonds is 2. The van der Waals surface area contributed by atoms with Gasteiger partial charge in [0.2, 0.25) is 5.91 Å². The maximum absolute atomic E-state index is 12.4. The Balaban J connectivity index is 1.59. The zero-order valence-corrected chi connectivity index (χ0v) is 12.1. The van der Waals surface area contributed by atoms with Gasteiger partial charge in [-0.25, -0.2) is 0 Å².